The highest BCUT2D eigenvalue weighted by atomic mass is 35.5. The van der Waals surface area contributed by atoms with E-state index >= 15 is 0 Å². The van der Waals surface area contributed by atoms with Crippen molar-refractivity contribution < 1.29 is 33.0 Å². The van der Waals surface area contributed by atoms with Crippen LogP contribution in [0.25, 0.3) is 0 Å². The number of carbonyl (C=O) groups is 2. The number of hydrogen-bond acceptors (Lipinski definition) is 3. The van der Waals surface area contributed by atoms with E-state index < -0.39 is 24.2 Å². The molecular formula is C12H23ClF3NO4. The molecule has 0 aliphatic carbocycles. The molecule has 0 aromatic carbocycles. The monoisotopic (exact) mass is 337 g/mol. The summed E-state index contributed by atoms with van der Waals surface area (Å²) < 4.78 is 31.7. The second-order valence-electron chi connectivity index (χ2n) is 5.72. The van der Waals surface area contributed by atoms with Gasteiger partial charge in [-0.1, -0.05) is 13.8 Å². The summed E-state index contributed by atoms with van der Waals surface area (Å²) in [6, 6.07) is -0.431. The molecule has 0 radical (unpaired) electrons. The Labute approximate surface area is 128 Å². The summed E-state index contributed by atoms with van der Waals surface area (Å²) in [5.74, 6) is -3.12. The largest absolute Gasteiger partial charge is 0.490 e. The fraction of sp³-hybridized carbons (Fsp3) is 0.833. The van der Waals surface area contributed by atoms with Crippen molar-refractivity contribution in [2.24, 2.45) is 5.92 Å². The maximum atomic E-state index is 10.9. The Kier molecular flexibility index (Phi) is 11.7. The van der Waals surface area contributed by atoms with Gasteiger partial charge in [0.1, 0.15) is 6.04 Å². The minimum atomic E-state index is -5.08. The van der Waals surface area contributed by atoms with Gasteiger partial charge in [0.25, 0.3) is 0 Å². The summed E-state index contributed by atoms with van der Waals surface area (Å²) in [5, 5.41) is 19.1. The first-order chi connectivity index (χ1) is 8.66. The first-order valence-electron chi connectivity index (χ1n) is 5.97. The Balaban J connectivity index is -0.000000347. The van der Waals surface area contributed by atoms with Crippen molar-refractivity contribution in [1.82, 2.24) is 5.32 Å². The predicted octanol–water partition coefficient (Wildman–Crippen LogP) is 2.93. The third-order valence-corrected chi connectivity index (χ3v) is 1.85. The Morgan fingerprint density at radius 1 is 1.10 bits per heavy atom. The van der Waals surface area contributed by atoms with Gasteiger partial charge >= 0.3 is 18.1 Å². The van der Waals surface area contributed by atoms with Gasteiger partial charge in [-0.3, -0.25) is 10.1 Å². The summed E-state index contributed by atoms with van der Waals surface area (Å²) in [6.07, 6.45) is -4.41. The Hall–Kier alpha value is -1.02. The van der Waals surface area contributed by atoms with Gasteiger partial charge in [-0.05, 0) is 33.1 Å². The van der Waals surface area contributed by atoms with E-state index in [1.165, 1.54) is 0 Å². The van der Waals surface area contributed by atoms with Crippen molar-refractivity contribution in [2.45, 2.75) is 58.8 Å². The smallest absolute Gasteiger partial charge is 0.480 e. The number of aliphatic carboxylic acids is 2. The highest BCUT2D eigenvalue weighted by Crippen LogP contribution is 2.13. The molecule has 0 heterocycles. The average Bonchev–Trinajstić information content (AvgIpc) is 2.12. The first kappa shape index (κ1) is 25.0. The summed E-state index contributed by atoms with van der Waals surface area (Å²) in [5.41, 5.74) is -0.141. The lowest BCUT2D eigenvalue weighted by Crippen LogP contribution is -2.48. The Morgan fingerprint density at radius 2 is 1.43 bits per heavy atom. The van der Waals surface area contributed by atoms with Crippen molar-refractivity contribution >= 4 is 24.3 Å². The molecule has 0 aliphatic heterocycles. The number of carboxylic acid groups (broad SMARTS) is 2. The molecule has 0 aliphatic rings. The molecule has 0 saturated carbocycles. The summed E-state index contributed by atoms with van der Waals surface area (Å²) >= 11 is 0. The van der Waals surface area contributed by atoms with Gasteiger partial charge in [0.15, 0.2) is 0 Å². The van der Waals surface area contributed by atoms with Gasteiger partial charge in [0, 0.05) is 5.54 Å². The second-order valence-corrected chi connectivity index (χ2v) is 5.72. The molecule has 0 unspecified atom stereocenters. The lowest BCUT2D eigenvalue weighted by molar-refractivity contribution is -0.192. The van der Waals surface area contributed by atoms with Gasteiger partial charge in [0.2, 0.25) is 0 Å². The van der Waals surface area contributed by atoms with Crippen LogP contribution in [0.3, 0.4) is 0 Å². The molecule has 0 bridgehead atoms. The molecule has 0 aromatic heterocycles. The number of nitrogens with one attached hydrogen (secondary N) is 1. The van der Waals surface area contributed by atoms with Crippen LogP contribution in [0.5, 0.6) is 0 Å². The lowest BCUT2D eigenvalue weighted by atomic mass is 10.00. The molecule has 9 heteroatoms. The normalized spacial score (nSPS) is 12.8. The van der Waals surface area contributed by atoms with Crippen LogP contribution < -0.4 is 5.32 Å². The van der Waals surface area contributed by atoms with Crippen LogP contribution in [0.1, 0.15) is 41.0 Å². The van der Waals surface area contributed by atoms with Gasteiger partial charge in [-0.15, -0.1) is 12.4 Å². The third kappa shape index (κ3) is 16.9. The molecule has 0 saturated heterocycles. The van der Waals surface area contributed by atoms with E-state index in [1.54, 1.807) is 0 Å². The summed E-state index contributed by atoms with van der Waals surface area (Å²) in [7, 11) is 0. The standard InChI is InChI=1S/C10H21NO2.C2HF3O2.ClH/c1-7(2)6-8(9(12)13)11-10(3,4)5;3-2(4,5)1(6)7;/h7-8,11H,6H2,1-5H3,(H,12,13);(H,6,7);1H/t8-;;/m1../s1. The van der Waals surface area contributed by atoms with Crippen molar-refractivity contribution in [2.75, 3.05) is 0 Å². The molecule has 0 rings (SSSR count). The van der Waals surface area contributed by atoms with Crippen molar-refractivity contribution in [3.05, 3.63) is 0 Å². The quantitative estimate of drug-likeness (QED) is 0.734. The molecule has 0 aromatic rings. The van der Waals surface area contributed by atoms with E-state index in [0.29, 0.717) is 12.3 Å². The average molecular weight is 338 g/mol. The van der Waals surface area contributed by atoms with Crippen LogP contribution in [0.4, 0.5) is 13.2 Å². The van der Waals surface area contributed by atoms with E-state index in [9.17, 15) is 18.0 Å². The highest BCUT2D eigenvalue weighted by Gasteiger charge is 2.38. The molecule has 0 fully saturated rings. The lowest BCUT2D eigenvalue weighted by Gasteiger charge is -2.26. The predicted molar refractivity (Wildman–Crippen MR) is 74.7 cm³/mol. The molecule has 0 amide bonds. The van der Waals surface area contributed by atoms with Crippen LogP contribution in [0.15, 0.2) is 0 Å². The van der Waals surface area contributed by atoms with Gasteiger partial charge in [0.05, 0.1) is 0 Å². The number of carboxylic acids is 2. The second kappa shape index (κ2) is 9.83. The van der Waals surface area contributed by atoms with E-state index in [2.05, 4.69) is 5.32 Å². The van der Waals surface area contributed by atoms with Crippen LogP contribution in [-0.2, 0) is 9.59 Å². The zero-order chi connectivity index (χ0) is 16.7. The van der Waals surface area contributed by atoms with Crippen LogP contribution in [-0.4, -0.2) is 39.9 Å². The maximum absolute atomic E-state index is 10.9. The first-order valence-corrected chi connectivity index (χ1v) is 5.97. The summed E-state index contributed by atoms with van der Waals surface area (Å²) in [6.45, 7) is 9.98. The summed E-state index contributed by atoms with van der Waals surface area (Å²) in [4.78, 5) is 19.7. The zero-order valence-electron chi connectivity index (χ0n) is 12.6. The molecule has 1 atom stereocenters. The Bertz CT molecular complexity index is 327. The zero-order valence-corrected chi connectivity index (χ0v) is 13.4. The Morgan fingerprint density at radius 3 is 1.57 bits per heavy atom. The van der Waals surface area contributed by atoms with Crippen LogP contribution in [0.2, 0.25) is 0 Å². The van der Waals surface area contributed by atoms with Gasteiger partial charge < -0.3 is 10.2 Å². The third-order valence-electron chi connectivity index (χ3n) is 1.85. The number of hydrogen-bond donors (Lipinski definition) is 3. The van der Waals surface area contributed by atoms with E-state index in [-0.39, 0.29) is 17.9 Å². The number of halogens is 4. The topological polar surface area (TPSA) is 86.6 Å². The van der Waals surface area contributed by atoms with Crippen LogP contribution in [0, 0.1) is 5.92 Å². The highest BCUT2D eigenvalue weighted by molar-refractivity contribution is 5.85. The molecule has 3 N–H and O–H groups in total. The van der Waals surface area contributed by atoms with Gasteiger partial charge in [-0.25, -0.2) is 4.79 Å². The van der Waals surface area contributed by atoms with Crippen molar-refractivity contribution in [1.29, 1.82) is 0 Å². The number of alkyl halides is 3. The molecule has 21 heavy (non-hydrogen) atoms. The molecular weight excluding hydrogens is 315 g/mol. The number of rotatable bonds is 4. The molecule has 0 spiro atoms. The SMILES string of the molecule is CC(C)C[C@@H](NC(C)(C)C)C(=O)O.Cl.O=C(O)C(F)(F)F. The van der Waals surface area contributed by atoms with Crippen molar-refractivity contribution in [3.63, 3.8) is 0 Å². The van der Waals surface area contributed by atoms with Gasteiger partial charge in [-0.2, -0.15) is 13.2 Å². The van der Waals surface area contributed by atoms with E-state index in [1.807, 2.05) is 34.6 Å². The maximum Gasteiger partial charge on any atom is 0.490 e. The van der Waals surface area contributed by atoms with E-state index in [0.717, 1.165) is 0 Å². The van der Waals surface area contributed by atoms with Crippen molar-refractivity contribution in [3.8, 4) is 0 Å². The fourth-order valence-corrected chi connectivity index (χ4v) is 1.22. The molecule has 5 nitrogen and oxygen atoms in total. The minimum Gasteiger partial charge on any atom is -0.480 e. The van der Waals surface area contributed by atoms with Crippen LogP contribution >= 0.6 is 12.4 Å². The molecule has 128 valence electrons. The van der Waals surface area contributed by atoms with E-state index in [4.69, 9.17) is 15.0 Å². The minimum absolute atomic E-state index is 0. The fourth-order valence-electron chi connectivity index (χ4n) is 1.22.